The lowest BCUT2D eigenvalue weighted by Crippen LogP contribution is -2.33. The average Bonchev–Trinajstić information content (AvgIpc) is 3.25. The zero-order valence-corrected chi connectivity index (χ0v) is 15.3. The van der Waals surface area contributed by atoms with Crippen LogP contribution in [0, 0.1) is 12.8 Å². The van der Waals surface area contributed by atoms with E-state index in [4.69, 9.17) is 4.52 Å². The van der Waals surface area contributed by atoms with Gasteiger partial charge in [0.2, 0.25) is 5.91 Å². The van der Waals surface area contributed by atoms with Crippen molar-refractivity contribution in [3.63, 3.8) is 0 Å². The van der Waals surface area contributed by atoms with Gasteiger partial charge in [-0.1, -0.05) is 5.16 Å². The van der Waals surface area contributed by atoms with E-state index < -0.39 is 0 Å². The molecule has 2 N–H and O–H groups in total. The summed E-state index contributed by atoms with van der Waals surface area (Å²) in [5.41, 5.74) is 2.21. The average molecular weight is 360 g/mol. The number of fused-ring (bicyclic) bond motifs is 1. The van der Waals surface area contributed by atoms with Gasteiger partial charge in [0, 0.05) is 22.8 Å². The third kappa shape index (κ3) is 3.77. The summed E-state index contributed by atoms with van der Waals surface area (Å²) in [6.45, 7) is 4.51. The highest BCUT2D eigenvalue weighted by Gasteiger charge is 2.27. The van der Waals surface area contributed by atoms with Gasteiger partial charge in [0.1, 0.15) is 0 Å². The number of carbonyl (C=O) groups excluding carboxylic acids is 1. The van der Waals surface area contributed by atoms with Gasteiger partial charge in [-0.05, 0) is 52.1 Å². The van der Waals surface area contributed by atoms with Crippen molar-refractivity contribution in [2.45, 2.75) is 51.5 Å². The van der Waals surface area contributed by atoms with Gasteiger partial charge in [-0.15, -0.1) is 11.3 Å². The fourth-order valence-electron chi connectivity index (χ4n) is 3.77. The fraction of sp³-hybridized carbons (Fsp3) is 0.611. The predicted octanol–water partition coefficient (Wildman–Crippen LogP) is 2.33. The molecule has 1 atom stereocenters. The second-order valence-corrected chi connectivity index (χ2v) is 8.29. The number of carbonyl (C=O) groups is 1. The molecule has 2 aliphatic rings. The maximum atomic E-state index is 12.5. The topological polar surface area (TPSA) is 80.0 Å². The molecule has 0 saturated carbocycles. The van der Waals surface area contributed by atoms with Gasteiger partial charge in [-0.3, -0.25) is 4.79 Å². The summed E-state index contributed by atoms with van der Waals surface area (Å²) in [6, 6.07) is 2.00. The second-order valence-electron chi connectivity index (χ2n) is 7.00. The molecular weight excluding hydrogens is 336 g/mol. The van der Waals surface area contributed by atoms with Gasteiger partial charge in [0.15, 0.2) is 5.76 Å². The number of hydrogen-bond donors (Lipinski definition) is 2. The van der Waals surface area contributed by atoms with E-state index in [-0.39, 0.29) is 11.8 Å². The zero-order chi connectivity index (χ0) is 17.2. The Kier molecular flexibility index (Phi) is 4.85. The van der Waals surface area contributed by atoms with E-state index in [0.29, 0.717) is 12.5 Å². The highest BCUT2D eigenvalue weighted by Crippen LogP contribution is 2.30. The largest absolute Gasteiger partial charge is 0.359 e. The first-order valence-corrected chi connectivity index (χ1v) is 9.90. The molecule has 3 heterocycles. The van der Waals surface area contributed by atoms with Crippen LogP contribution in [-0.4, -0.2) is 29.1 Å². The van der Waals surface area contributed by atoms with Crippen LogP contribution >= 0.6 is 11.3 Å². The van der Waals surface area contributed by atoms with E-state index in [9.17, 15) is 4.79 Å². The van der Waals surface area contributed by atoms with Crippen LogP contribution in [0.1, 0.15) is 52.2 Å². The Morgan fingerprint density at radius 3 is 3.08 bits per heavy atom. The second kappa shape index (κ2) is 7.25. The molecule has 0 spiro atoms. The maximum absolute atomic E-state index is 12.5. The molecule has 1 fully saturated rings. The molecule has 1 unspecified atom stereocenters. The van der Waals surface area contributed by atoms with Gasteiger partial charge < -0.3 is 15.2 Å². The van der Waals surface area contributed by atoms with Gasteiger partial charge in [0.25, 0.3) is 0 Å². The van der Waals surface area contributed by atoms with Crippen molar-refractivity contribution in [1.82, 2.24) is 20.8 Å². The van der Waals surface area contributed by atoms with E-state index in [0.717, 1.165) is 61.7 Å². The summed E-state index contributed by atoms with van der Waals surface area (Å²) in [5.74, 6) is 1.36. The molecule has 6 nitrogen and oxygen atoms in total. The molecule has 1 amide bonds. The van der Waals surface area contributed by atoms with Crippen molar-refractivity contribution < 1.29 is 9.32 Å². The van der Waals surface area contributed by atoms with Crippen LogP contribution in [0.4, 0.5) is 0 Å². The first-order valence-electron chi connectivity index (χ1n) is 9.08. The molecule has 1 aliphatic heterocycles. The Bertz CT molecular complexity index is 748. The minimum Gasteiger partial charge on any atom is -0.359 e. The first-order chi connectivity index (χ1) is 12.2. The van der Waals surface area contributed by atoms with Crippen molar-refractivity contribution in [3.05, 3.63) is 33.1 Å². The minimum absolute atomic E-state index is 0.0409. The van der Waals surface area contributed by atoms with Crippen molar-refractivity contribution in [2.24, 2.45) is 5.92 Å². The number of piperidine rings is 1. The lowest BCUT2D eigenvalue weighted by atomic mass is 9.90. The normalized spacial score (nSPS) is 21.1. The molecule has 0 radical (unpaired) electrons. The van der Waals surface area contributed by atoms with Crippen LogP contribution in [-0.2, 0) is 24.2 Å². The Labute approximate surface area is 151 Å². The summed E-state index contributed by atoms with van der Waals surface area (Å²) in [5, 5.41) is 11.7. The van der Waals surface area contributed by atoms with Crippen LogP contribution in [0.2, 0.25) is 0 Å². The molecule has 2 aromatic heterocycles. The smallest absolute Gasteiger partial charge is 0.223 e. The van der Waals surface area contributed by atoms with E-state index in [1.54, 1.807) is 11.3 Å². The Morgan fingerprint density at radius 1 is 1.40 bits per heavy atom. The number of thiazole rings is 1. The van der Waals surface area contributed by atoms with Crippen LogP contribution < -0.4 is 10.6 Å². The fourth-order valence-corrected chi connectivity index (χ4v) is 4.83. The monoisotopic (exact) mass is 360 g/mol. The van der Waals surface area contributed by atoms with Crippen molar-refractivity contribution >= 4 is 17.2 Å². The van der Waals surface area contributed by atoms with Gasteiger partial charge in [-0.25, -0.2) is 4.98 Å². The Hall–Kier alpha value is -1.73. The lowest BCUT2D eigenvalue weighted by Gasteiger charge is -2.20. The third-order valence-electron chi connectivity index (χ3n) is 5.19. The summed E-state index contributed by atoms with van der Waals surface area (Å²) in [7, 11) is 0. The first kappa shape index (κ1) is 16.7. The molecule has 25 heavy (non-hydrogen) atoms. The molecule has 4 rings (SSSR count). The molecule has 1 saturated heterocycles. The molecule has 1 aliphatic carbocycles. The van der Waals surface area contributed by atoms with Crippen LogP contribution in [0.3, 0.4) is 0 Å². The number of nitrogens with zero attached hydrogens (tertiary/aromatic N) is 2. The zero-order valence-electron chi connectivity index (χ0n) is 14.5. The maximum Gasteiger partial charge on any atom is 0.223 e. The van der Waals surface area contributed by atoms with Crippen LogP contribution in [0.25, 0.3) is 0 Å². The quantitative estimate of drug-likeness (QED) is 0.875. The number of nitrogens with one attached hydrogen (secondary N) is 2. The summed E-state index contributed by atoms with van der Waals surface area (Å²) < 4.78 is 5.42. The molecule has 7 heteroatoms. The van der Waals surface area contributed by atoms with Crippen LogP contribution in [0.5, 0.6) is 0 Å². The third-order valence-corrected chi connectivity index (χ3v) is 6.22. The number of hydrogen-bond acceptors (Lipinski definition) is 6. The van der Waals surface area contributed by atoms with Crippen LogP contribution in [0.15, 0.2) is 10.6 Å². The van der Waals surface area contributed by atoms with E-state index in [1.807, 2.05) is 13.0 Å². The van der Waals surface area contributed by atoms with E-state index >= 15 is 0 Å². The number of aromatic nitrogens is 2. The number of amides is 1. The Balaban J connectivity index is 1.31. The van der Waals surface area contributed by atoms with E-state index in [2.05, 4.69) is 20.8 Å². The summed E-state index contributed by atoms with van der Waals surface area (Å²) >= 11 is 1.72. The van der Waals surface area contributed by atoms with Crippen molar-refractivity contribution in [2.75, 3.05) is 13.1 Å². The lowest BCUT2D eigenvalue weighted by molar-refractivity contribution is -0.125. The highest BCUT2D eigenvalue weighted by atomic mass is 32.1. The number of rotatable bonds is 4. The van der Waals surface area contributed by atoms with E-state index in [1.165, 1.54) is 10.6 Å². The van der Waals surface area contributed by atoms with Gasteiger partial charge >= 0.3 is 0 Å². The van der Waals surface area contributed by atoms with Crippen molar-refractivity contribution in [1.29, 1.82) is 0 Å². The minimum atomic E-state index is 0.0409. The Morgan fingerprint density at radius 2 is 2.24 bits per heavy atom. The SMILES string of the molecule is Cc1nc2c(s1)CC(C(=O)NCc1cc(C3CCNCC3)no1)CC2. The summed E-state index contributed by atoms with van der Waals surface area (Å²) in [4.78, 5) is 18.3. The number of aryl methyl sites for hydroxylation is 2. The summed E-state index contributed by atoms with van der Waals surface area (Å²) in [6.07, 6.45) is 4.77. The molecular formula is C18H24N4O2S. The molecule has 2 aromatic rings. The highest BCUT2D eigenvalue weighted by molar-refractivity contribution is 7.11. The van der Waals surface area contributed by atoms with Gasteiger partial charge in [-0.2, -0.15) is 0 Å². The standard InChI is InChI=1S/C18H24N4O2S/c1-11-21-15-3-2-13(8-17(15)25-11)18(23)20-10-14-9-16(22-24-14)12-4-6-19-7-5-12/h9,12-13,19H,2-8,10H2,1H3,(H,20,23). The van der Waals surface area contributed by atoms with Gasteiger partial charge in [0.05, 0.1) is 22.9 Å². The molecule has 134 valence electrons. The predicted molar refractivity (Wildman–Crippen MR) is 95.6 cm³/mol. The molecule has 0 bridgehead atoms. The van der Waals surface area contributed by atoms with Crippen molar-refractivity contribution in [3.8, 4) is 0 Å². The molecule has 0 aromatic carbocycles.